The normalized spacial score (nSPS) is 17.0. The van der Waals surface area contributed by atoms with Crippen molar-refractivity contribution in [1.82, 2.24) is 9.55 Å². The standard InChI is InChI=1S/C14H13F3N2O3/c15-14(16,17)9-2-1-3-10-11(9)12(20)19(13(21)18-10)8-4-6-22-7-5-8/h1-3,8H,4-7H2,(H,18,21). The summed E-state index contributed by atoms with van der Waals surface area (Å²) < 4.78 is 45.4. The lowest BCUT2D eigenvalue weighted by Gasteiger charge is -2.23. The van der Waals surface area contributed by atoms with E-state index in [1.54, 1.807) is 0 Å². The van der Waals surface area contributed by atoms with Crippen LogP contribution in [0.5, 0.6) is 0 Å². The molecule has 5 nitrogen and oxygen atoms in total. The molecule has 0 unspecified atom stereocenters. The molecular formula is C14H13F3N2O3. The Morgan fingerprint density at radius 1 is 1.18 bits per heavy atom. The SMILES string of the molecule is O=c1[nH]c2cccc(C(F)(F)F)c2c(=O)n1C1CCOCC1. The first-order chi connectivity index (χ1) is 10.4. The number of ether oxygens (including phenoxy) is 1. The Balaban J connectivity index is 2.31. The largest absolute Gasteiger partial charge is 0.417 e. The molecule has 0 bridgehead atoms. The first-order valence-electron chi connectivity index (χ1n) is 6.82. The van der Waals surface area contributed by atoms with Crippen LogP contribution in [-0.2, 0) is 10.9 Å². The Bertz CT molecular complexity index is 817. The van der Waals surface area contributed by atoms with Crippen LogP contribution in [0.2, 0.25) is 0 Å². The highest BCUT2D eigenvalue weighted by Gasteiger charge is 2.34. The minimum absolute atomic E-state index is 0.104. The molecule has 1 saturated heterocycles. The van der Waals surface area contributed by atoms with Crippen molar-refractivity contribution < 1.29 is 17.9 Å². The Morgan fingerprint density at radius 2 is 1.86 bits per heavy atom. The maximum Gasteiger partial charge on any atom is 0.417 e. The highest BCUT2D eigenvalue weighted by molar-refractivity contribution is 5.81. The number of hydrogen-bond donors (Lipinski definition) is 1. The number of benzene rings is 1. The molecular weight excluding hydrogens is 301 g/mol. The minimum atomic E-state index is -4.66. The predicted octanol–water partition coefficient (Wildman–Crippen LogP) is 2.06. The van der Waals surface area contributed by atoms with Gasteiger partial charge in [0.15, 0.2) is 0 Å². The summed E-state index contributed by atoms with van der Waals surface area (Å²) in [6, 6.07) is 2.85. The van der Waals surface area contributed by atoms with E-state index in [-0.39, 0.29) is 5.52 Å². The van der Waals surface area contributed by atoms with Crippen LogP contribution in [0.25, 0.3) is 10.9 Å². The summed E-state index contributed by atoms with van der Waals surface area (Å²) in [6.45, 7) is 0.741. The molecule has 0 radical (unpaired) electrons. The molecule has 0 amide bonds. The van der Waals surface area contributed by atoms with Crippen LogP contribution in [0, 0.1) is 0 Å². The van der Waals surface area contributed by atoms with Crippen LogP contribution in [-0.4, -0.2) is 22.8 Å². The van der Waals surface area contributed by atoms with E-state index in [9.17, 15) is 22.8 Å². The highest BCUT2D eigenvalue weighted by Crippen LogP contribution is 2.32. The third-order valence-corrected chi connectivity index (χ3v) is 3.82. The third-order valence-electron chi connectivity index (χ3n) is 3.82. The maximum atomic E-state index is 13.1. The molecule has 0 saturated carbocycles. The lowest BCUT2D eigenvalue weighted by Crippen LogP contribution is -2.40. The monoisotopic (exact) mass is 314 g/mol. The van der Waals surface area contributed by atoms with E-state index in [0.717, 1.165) is 10.6 Å². The molecule has 3 rings (SSSR count). The molecule has 2 aromatic rings. The highest BCUT2D eigenvalue weighted by atomic mass is 19.4. The summed E-state index contributed by atoms with van der Waals surface area (Å²) in [5.41, 5.74) is -2.73. The van der Waals surface area contributed by atoms with Gasteiger partial charge in [0, 0.05) is 19.3 Å². The van der Waals surface area contributed by atoms with E-state index in [1.165, 1.54) is 12.1 Å². The van der Waals surface area contributed by atoms with Gasteiger partial charge in [0.2, 0.25) is 0 Å². The number of halogens is 3. The molecule has 1 aliphatic rings. The third kappa shape index (κ3) is 2.43. The van der Waals surface area contributed by atoms with E-state index >= 15 is 0 Å². The van der Waals surface area contributed by atoms with Gasteiger partial charge in [-0.1, -0.05) is 6.07 Å². The van der Waals surface area contributed by atoms with Crippen LogP contribution >= 0.6 is 0 Å². The molecule has 8 heteroatoms. The Labute approximate surface area is 122 Å². The average molecular weight is 314 g/mol. The van der Waals surface area contributed by atoms with E-state index in [1.807, 2.05) is 0 Å². The number of fused-ring (bicyclic) bond motifs is 1. The smallest absolute Gasteiger partial charge is 0.381 e. The lowest BCUT2D eigenvalue weighted by molar-refractivity contribution is -0.136. The van der Waals surface area contributed by atoms with Crippen molar-refractivity contribution in [3.63, 3.8) is 0 Å². The molecule has 1 fully saturated rings. The van der Waals surface area contributed by atoms with Gasteiger partial charge >= 0.3 is 11.9 Å². The summed E-state index contributed by atoms with van der Waals surface area (Å²) in [5, 5.41) is -0.499. The minimum Gasteiger partial charge on any atom is -0.381 e. The summed E-state index contributed by atoms with van der Waals surface area (Å²) >= 11 is 0. The fourth-order valence-corrected chi connectivity index (χ4v) is 2.79. The van der Waals surface area contributed by atoms with Gasteiger partial charge in [-0.2, -0.15) is 13.2 Å². The molecule has 0 aliphatic carbocycles. The summed E-state index contributed by atoms with van der Waals surface area (Å²) in [4.78, 5) is 27.0. The second kappa shape index (κ2) is 5.28. The number of aromatic nitrogens is 2. The second-order valence-electron chi connectivity index (χ2n) is 5.17. The zero-order chi connectivity index (χ0) is 15.9. The number of nitrogens with zero attached hydrogens (tertiary/aromatic N) is 1. The van der Waals surface area contributed by atoms with Crippen LogP contribution in [0.4, 0.5) is 13.2 Å². The fraction of sp³-hybridized carbons (Fsp3) is 0.429. The predicted molar refractivity (Wildman–Crippen MR) is 72.9 cm³/mol. The summed E-state index contributed by atoms with van der Waals surface area (Å²) in [7, 11) is 0. The van der Waals surface area contributed by atoms with Crippen molar-refractivity contribution in [3.05, 3.63) is 44.6 Å². The molecule has 1 aromatic heterocycles. The van der Waals surface area contributed by atoms with E-state index in [4.69, 9.17) is 4.74 Å². The van der Waals surface area contributed by atoms with Crippen LogP contribution < -0.4 is 11.2 Å². The van der Waals surface area contributed by atoms with Gasteiger partial charge in [-0.3, -0.25) is 9.36 Å². The number of aromatic amines is 1. The van der Waals surface area contributed by atoms with Crippen molar-refractivity contribution in [1.29, 1.82) is 0 Å². The molecule has 22 heavy (non-hydrogen) atoms. The molecule has 1 aromatic carbocycles. The lowest BCUT2D eigenvalue weighted by atomic mass is 10.1. The number of alkyl halides is 3. The van der Waals surface area contributed by atoms with Gasteiger partial charge < -0.3 is 9.72 Å². The van der Waals surface area contributed by atoms with Crippen molar-refractivity contribution in [2.75, 3.05) is 13.2 Å². The zero-order valence-corrected chi connectivity index (χ0v) is 11.4. The summed E-state index contributed by atoms with van der Waals surface area (Å²) in [5.74, 6) is 0. The van der Waals surface area contributed by atoms with Gasteiger partial charge in [-0.15, -0.1) is 0 Å². The van der Waals surface area contributed by atoms with Crippen molar-refractivity contribution in [2.24, 2.45) is 0 Å². The quantitative estimate of drug-likeness (QED) is 0.876. The average Bonchev–Trinajstić information content (AvgIpc) is 2.46. The van der Waals surface area contributed by atoms with Crippen molar-refractivity contribution >= 4 is 10.9 Å². The van der Waals surface area contributed by atoms with Gasteiger partial charge in [0.25, 0.3) is 5.56 Å². The van der Waals surface area contributed by atoms with E-state index < -0.39 is 34.4 Å². The van der Waals surface area contributed by atoms with Crippen LogP contribution in [0.3, 0.4) is 0 Å². The van der Waals surface area contributed by atoms with Gasteiger partial charge in [0.1, 0.15) is 0 Å². The Morgan fingerprint density at radius 3 is 2.50 bits per heavy atom. The topological polar surface area (TPSA) is 64.1 Å². The Hall–Kier alpha value is -2.09. The molecule has 1 N–H and O–H groups in total. The number of nitrogens with one attached hydrogen (secondary N) is 1. The van der Waals surface area contributed by atoms with E-state index in [0.29, 0.717) is 26.1 Å². The Kier molecular flexibility index (Phi) is 3.56. The van der Waals surface area contributed by atoms with Crippen LogP contribution in [0.1, 0.15) is 24.4 Å². The van der Waals surface area contributed by atoms with Crippen LogP contribution in [0.15, 0.2) is 27.8 Å². The fourth-order valence-electron chi connectivity index (χ4n) is 2.79. The van der Waals surface area contributed by atoms with E-state index in [2.05, 4.69) is 4.98 Å². The van der Waals surface area contributed by atoms with Gasteiger partial charge in [-0.25, -0.2) is 4.79 Å². The number of H-pyrrole nitrogens is 1. The molecule has 118 valence electrons. The molecule has 0 spiro atoms. The second-order valence-corrected chi connectivity index (χ2v) is 5.17. The van der Waals surface area contributed by atoms with Gasteiger partial charge in [0.05, 0.1) is 16.5 Å². The van der Waals surface area contributed by atoms with Crippen molar-refractivity contribution in [3.8, 4) is 0 Å². The molecule has 2 heterocycles. The summed E-state index contributed by atoms with van der Waals surface area (Å²) in [6.07, 6.45) is -3.82. The van der Waals surface area contributed by atoms with Gasteiger partial charge in [-0.05, 0) is 25.0 Å². The van der Waals surface area contributed by atoms with Crippen molar-refractivity contribution in [2.45, 2.75) is 25.1 Å². The number of rotatable bonds is 1. The maximum absolute atomic E-state index is 13.1. The molecule has 1 aliphatic heterocycles. The zero-order valence-electron chi connectivity index (χ0n) is 11.4. The first kappa shape index (κ1) is 14.8. The first-order valence-corrected chi connectivity index (χ1v) is 6.82. The molecule has 0 atom stereocenters. The number of hydrogen-bond acceptors (Lipinski definition) is 3.